The molecule has 1 aliphatic carbocycles. The van der Waals surface area contributed by atoms with Gasteiger partial charge in [0.1, 0.15) is 0 Å². The molecular formula is C15H17BrO3S. The normalized spacial score (nSPS) is 24.4. The number of aromatic carboxylic acids is 1. The van der Waals surface area contributed by atoms with Crippen molar-refractivity contribution in [2.24, 2.45) is 0 Å². The average molecular weight is 357 g/mol. The maximum atomic E-state index is 11.2. The molecule has 0 bridgehead atoms. The fourth-order valence-electron chi connectivity index (χ4n) is 2.94. The van der Waals surface area contributed by atoms with Crippen molar-refractivity contribution in [2.45, 2.75) is 47.9 Å². The van der Waals surface area contributed by atoms with E-state index in [1.165, 1.54) is 19.3 Å². The van der Waals surface area contributed by atoms with Gasteiger partial charge in [-0.1, -0.05) is 0 Å². The summed E-state index contributed by atoms with van der Waals surface area (Å²) in [5, 5.41) is 9.70. The lowest BCUT2D eigenvalue weighted by Crippen LogP contribution is -2.46. The van der Waals surface area contributed by atoms with E-state index in [-0.39, 0.29) is 5.60 Å². The first-order valence-corrected chi connectivity index (χ1v) is 8.59. The first kappa shape index (κ1) is 14.4. The number of rotatable bonds is 3. The van der Waals surface area contributed by atoms with Crippen LogP contribution in [0.3, 0.4) is 0 Å². The molecule has 1 aromatic rings. The standard InChI is InChI=1S/C15H17BrO3S/c16-13-3-2-10(8-12(13)14(17)18)20-11-4-7-19-15(9-11)5-1-6-15/h2-3,8,11H,1,4-7,9H2,(H,17,18). The summed E-state index contributed by atoms with van der Waals surface area (Å²) in [5.41, 5.74) is 0.474. The number of hydrogen-bond acceptors (Lipinski definition) is 3. The zero-order valence-electron chi connectivity index (χ0n) is 11.1. The first-order chi connectivity index (χ1) is 9.58. The predicted molar refractivity (Wildman–Crippen MR) is 82.5 cm³/mol. The Bertz CT molecular complexity index is 528. The van der Waals surface area contributed by atoms with Gasteiger partial charge in [-0.05, 0) is 66.2 Å². The molecule has 20 heavy (non-hydrogen) atoms. The van der Waals surface area contributed by atoms with E-state index in [2.05, 4.69) is 15.9 Å². The van der Waals surface area contributed by atoms with E-state index in [1.54, 1.807) is 17.8 Å². The van der Waals surface area contributed by atoms with Gasteiger partial charge >= 0.3 is 5.97 Å². The molecule has 1 N–H and O–H groups in total. The minimum Gasteiger partial charge on any atom is -0.478 e. The quantitative estimate of drug-likeness (QED) is 0.874. The van der Waals surface area contributed by atoms with Gasteiger partial charge in [0.25, 0.3) is 0 Å². The lowest BCUT2D eigenvalue weighted by Gasteiger charge is -2.47. The number of hydrogen-bond donors (Lipinski definition) is 1. The highest BCUT2D eigenvalue weighted by atomic mass is 79.9. The van der Waals surface area contributed by atoms with E-state index in [0.717, 1.165) is 24.3 Å². The summed E-state index contributed by atoms with van der Waals surface area (Å²) in [6, 6.07) is 5.58. The van der Waals surface area contributed by atoms with Gasteiger partial charge in [-0.3, -0.25) is 0 Å². The van der Waals surface area contributed by atoms with E-state index < -0.39 is 5.97 Å². The Morgan fingerprint density at radius 1 is 1.45 bits per heavy atom. The van der Waals surface area contributed by atoms with Crippen LogP contribution >= 0.6 is 27.7 Å². The smallest absolute Gasteiger partial charge is 0.336 e. The second kappa shape index (κ2) is 5.70. The molecule has 1 heterocycles. The largest absolute Gasteiger partial charge is 0.478 e. The zero-order valence-corrected chi connectivity index (χ0v) is 13.5. The Labute approximate surface area is 131 Å². The Hall–Kier alpha value is -0.520. The fraction of sp³-hybridized carbons (Fsp3) is 0.533. The van der Waals surface area contributed by atoms with Gasteiger partial charge in [-0.2, -0.15) is 0 Å². The van der Waals surface area contributed by atoms with E-state index >= 15 is 0 Å². The van der Waals surface area contributed by atoms with Crippen LogP contribution in [0.25, 0.3) is 0 Å². The van der Waals surface area contributed by atoms with Gasteiger partial charge in [0, 0.05) is 21.2 Å². The van der Waals surface area contributed by atoms with Crippen molar-refractivity contribution < 1.29 is 14.6 Å². The third kappa shape index (κ3) is 2.90. The third-order valence-corrected chi connectivity index (χ3v) is 6.14. The van der Waals surface area contributed by atoms with Gasteiger partial charge in [-0.15, -0.1) is 11.8 Å². The molecule has 2 fully saturated rings. The summed E-state index contributed by atoms with van der Waals surface area (Å²) in [4.78, 5) is 12.2. The number of carboxylic acids is 1. The maximum Gasteiger partial charge on any atom is 0.336 e. The maximum absolute atomic E-state index is 11.2. The fourth-order valence-corrected chi connectivity index (χ4v) is 4.67. The predicted octanol–water partition coefficient (Wildman–Crippen LogP) is 4.34. The molecule has 1 atom stereocenters. The first-order valence-electron chi connectivity index (χ1n) is 6.91. The van der Waals surface area contributed by atoms with Crippen LogP contribution in [-0.2, 0) is 4.74 Å². The molecule has 0 amide bonds. The topological polar surface area (TPSA) is 46.5 Å². The minimum atomic E-state index is -0.887. The van der Waals surface area contributed by atoms with Crippen molar-refractivity contribution in [1.29, 1.82) is 0 Å². The highest BCUT2D eigenvalue weighted by Gasteiger charge is 2.42. The van der Waals surface area contributed by atoms with Crippen LogP contribution in [0, 0.1) is 0 Å². The number of ether oxygens (including phenoxy) is 1. The monoisotopic (exact) mass is 356 g/mol. The summed E-state index contributed by atoms with van der Waals surface area (Å²) in [7, 11) is 0. The molecule has 1 spiro atoms. The van der Waals surface area contributed by atoms with Crippen LogP contribution in [0.4, 0.5) is 0 Å². The SMILES string of the molecule is O=C(O)c1cc(SC2CCOC3(CCC3)C2)ccc1Br. The Morgan fingerprint density at radius 2 is 2.25 bits per heavy atom. The third-order valence-electron chi connectivity index (χ3n) is 4.18. The van der Waals surface area contributed by atoms with Crippen molar-refractivity contribution in [2.75, 3.05) is 6.61 Å². The molecule has 1 saturated heterocycles. The number of benzene rings is 1. The van der Waals surface area contributed by atoms with Gasteiger partial charge in [-0.25, -0.2) is 4.79 Å². The van der Waals surface area contributed by atoms with Crippen molar-refractivity contribution >= 4 is 33.7 Å². The van der Waals surface area contributed by atoms with Gasteiger partial charge < -0.3 is 9.84 Å². The average Bonchev–Trinajstić information content (AvgIpc) is 2.39. The molecule has 3 rings (SSSR count). The molecule has 0 radical (unpaired) electrons. The number of halogens is 1. The molecule has 3 nitrogen and oxygen atoms in total. The molecule has 108 valence electrons. The van der Waals surface area contributed by atoms with Crippen molar-refractivity contribution in [3.8, 4) is 0 Å². The second-order valence-corrected chi connectivity index (χ2v) is 7.79. The summed E-state index contributed by atoms with van der Waals surface area (Å²) < 4.78 is 6.57. The number of carbonyl (C=O) groups is 1. The van der Waals surface area contributed by atoms with Crippen LogP contribution in [0.5, 0.6) is 0 Å². The highest BCUT2D eigenvalue weighted by molar-refractivity contribution is 9.10. The number of thioether (sulfide) groups is 1. The second-order valence-electron chi connectivity index (χ2n) is 5.56. The molecule has 1 unspecified atom stereocenters. The van der Waals surface area contributed by atoms with E-state index in [1.807, 2.05) is 12.1 Å². The molecule has 1 aliphatic heterocycles. The van der Waals surface area contributed by atoms with Gasteiger partial charge in [0.2, 0.25) is 0 Å². The Morgan fingerprint density at radius 3 is 2.90 bits per heavy atom. The van der Waals surface area contributed by atoms with E-state index in [9.17, 15) is 4.79 Å². The summed E-state index contributed by atoms with van der Waals surface area (Å²) in [5.74, 6) is -0.887. The minimum absolute atomic E-state index is 0.140. The van der Waals surface area contributed by atoms with Gasteiger partial charge in [0.15, 0.2) is 0 Å². The summed E-state index contributed by atoms with van der Waals surface area (Å²) in [6.07, 6.45) is 5.79. The molecule has 2 aliphatic rings. The van der Waals surface area contributed by atoms with Crippen molar-refractivity contribution in [3.05, 3.63) is 28.2 Å². The molecule has 0 aromatic heterocycles. The summed E-state index contributed by atoms with van der Waals surface area (Å²) >= 11 is 5.08. The van der Waals surface area contributed by atoms with E-state index in [4.69, 9.17) is 9.84 Å². The molecule has 1 aromatic carbocycles. The molecular weight excluding hydrogens is 340 g/mol. The van der Waals surface area contributed by atoms with Crippen LogP contribution in [-0.4, -0.2) is 28.5 Å². The van der Waals surface area contributed by atoms with Crippen molar-refractivity contribution in [1.82, 2.24) is 0 Å². The van der Waals surface area contributed by atoms with Crippen LogP contribution < -0.4 is 0 Å². The highest BCUT2D eigenvalue weighted by Crippen LogP contribution is 2.46. The molecule has 1 saturated carbocycles. The van der Waals surface area contributed by atoms with Crippen LogP contribution in [0.15, 0.2) is 27.6 Å². The lowest BCUT2D eigenvalue weighted by atomic mass is 9.75. The lowest BCUT2D eigenvalue weighted by molar-refractivity contribution is -0.125. The summed E-state index contributed by atoms with van der Waals surface area (Å²) in [6.45, 7) is 0.833. The van der Waals surface area contributed by atoms with E-state index in [0.29, 0.717) is 15.3 Å². The zero-order chi connectivity index (χ0) is 14.2. The number of carboxylic acid groups (broad SMARTS) is 1. The van der Waals surface area contributed by atoms with Crippen LogP contribution in [0.1, 0.15) is 42.5 Å². The molecule has 5 heteroatoms. The van der Waals surface area contributed by atoms with Gasteiger partial charge in [0.05, 0.1) is 11.2 Å². The van der Waals surface area contributed by atoms with Crippen LogP contribution in [0.2, 0.25) is 0 Å². The Balaban J connectivity index is 1.71. The van der Waals surface area contributed by atoms with Crippen molar-refractivity contribution in [3.63, 3.8) is 0 Å². The Kier molecular flexibility index (Phi) is 4.11.